The largest absolute Gasteiger partial charge is 0.506 e. The maximum absolute atomic E-state index is 12.6. The number of nitrogens with one attached hydrogen (secondary N) is 2. The van der Waals surface area contributed by atoms with Crippen molar-refractivity contribution in [3.05, 3.63) is 86.7 Å². The van der Waals surface area contributed by atoms with E-state index in [9.17, 15) is 14.7 Å². The number of rotatable bonds is 7. The Labute approximate surface area is 215 Å². The summed E-state index contributed by atoms with van der Waals surface area (Å²) in [5.41, 5.74) is 6.51. The predicted octanol–water partition coefficient (Wildman–Crippen LogP) is 4.60. The van der Waals surface area contributed by atoms with Crippen LogP contribution in [0.1, 0.15) is 43.0 Å². The van der Waals surface area contributed by atoms with Crippen molar-refractivity contribution < 1.29 is 19.4 Å². The average Bonchev–Trinajstić information content (AvgIpc) is 3.65. The summed E-state index contributed by atoms with van der Waals surface area (Å²) >= 11 is 2.50. The van der Waals surface area contributed by atoms with Crippen LogP contribution in [0.15, 0.2) is 65.3 Å². The maximum Gasteiger partial charge on any atom is 0.281 e. The van der Waals surface area contributed by atoms with Crippen LogP contribution in [0.25, 0.3) is 10.4 Å². The van der Waals surface area contributed by atoms with Crippen molar-refractivity contribution in [3.8, 4) is 21.9 Å². The third-order valence-corrected chi connectivity index (χ3v) is 7.79. The summed E-state index contributed by atoms with van der Waals surface area (Å²) in [4.78, 5) is 30.5. The van der Waals surface area contributed by atoms with Gasteiger partial charge >= 0.3 is 0 Å². The van der Waals surface area contributed by atoms with Crippen molar-refractivity contribution in [2.45, 2.75) is 19.9 Å². The molecular weight excluding hydrogens is 496 g/mol. The zero-order valence-electron chi connectivity index (χ0n) is 19.3. The Kier molecular flexibility index (Phi) is 6.79. The van der Waals surface area contributed by atoms with Crippen molar-refractivity contribution in [1.82, 2.24) is 15.7 Å². The van der Waals surface area contributed by atoms with E-state index in [0.717, 1.165) is 45.1 Å². The van der Waals surface area contributed by atoms with Gasteiger partial charge in [-0.1, -0.05) is 0 Å². The molecule has 2 amide bonds. The standard InChI is InChI=1S/C26H22N4O4S2/c1-15(19-14-35-24(23(19)31)18-2-3-20-17(12-18)8-11-34-20)29-30-26(33)22-5-4-21(36-22)25(32)28-13-16-6-9-27-10-7-16/h2-7,9-10,12,14,31H,8,11,13H2,1H3,(H,28,32)(H,30,33)/b29-15+. The third-order valence-electron chi connectivity index (χ3n) is 5.69. The molecule has 1 aliphatic heterocycles. The molecule has 0 saturated carbocycles. The molecule has 3 aromatic heterocycles. The van der Waals surface area contributed by atoms with Crippen molar-refractivity contribution in [2.24, 2.45) is 5.10 Å². The molecule has 0 spiro atoms. The second-order valence-corrected chi connectivity index (χ2v) is 10.1. The zero-order chi connectivity index (χ0) is 25.1. The molecule has 36 heavy (non-hydrogen) atoms. The smallest absolute Gasteiger partial charge is 0.281 e. The minimum absolute atomic E-state index is 0.124. The van der Waals surface area contributed by atoms with Gasteiger partial charge in [0.2, 0.25) is 0 Å². The van der Waals surface area contributed by atoms with Crippen molar-refractivity contribution in [3.63, 3.8) is 0 Å². The highest BCUT2D eigenvalue weighted by molar-refractivity contribution is 7.16. The highest BCUT2D eigenvalue weighted by Crippen LogP contribution is 2.40. The molecular formula is C26H22N4O4S2. The van der Waals surface area contributed by atoms with E-state index >= 15 is 0 Å². The Morgan fingerprint density at radius 3 is 2.69 bits per heavy atom. The summed E-state index contributed by atoms with van der Waals surface area (Å²) in [5, 5.41) is 19.6. The summed E-state index contributed by atoms with van der Waals surface area (Å²) < 4.78 is 5.56. The molecule has 4 heterocycles. The van der Waals surface area contributed by atoms with Crippen LogP contribution in [0.2, 0.25) is 0 Å². The van der Waals surface area contributed by atoms with Gasteiger partial charge in [0.1, 0.15) is 11.5 Å². The van der Waals surface area contributed by atoms with E-state index in [1.54, 1.807) is 31.5 Å². The van der Waals surface area contributed by atoms with Gasteiger partial charge in [-0.05, 0) is 66.1 Å². The highest BCUT2D eigenvalue weighted by atomic mass is 32.1. The molecule has 0 radical (unpaired) electrons. The number of amides is 2. The fraction of sp³-hybridized carbons (Fsp3) is 0.154. The van der Waals surface area contributed by atoms with Crippen LogP contribution in [0, 0.1) is 0 Å². The average molecular weight is 519 g/mol. The second-order valence-electron chi connectivity index (χ2n) is 8.09. The molecule has 0 bridgehead atoms. The molecule has 0 saturated heterocycles. The number of carbonyl (C=O) groups excluding carboxylic acids is 2. The Morgan fingerprint density at radius 2 is 1.89 bits per heavy atom. The molecule has 1 aliphatic rings. The molecule has 0 fully saturated rings. The number of aromatic nitrogens is 1. The second kappa shape index (κ2) is 10.3. The normalized spacial score (nSPS) is 12.6. The Balaban J connectivity index is 1.22. The molecule has 0 aliphatic carbocycles. The van der Waals surface area contributed by atoms with Gasteiger partial charge in [0.15, 0.2) is 0 Å². The lowest BCUT2D eigenvalue weighted by atomic mass is 10.1. The van der Waals surface area contributed by atoms with Crippen LogP contribution in [-0.2, 0) is 13.0 Å². The first-order valence-electron chi connectivity index (χ1n) is 11.2. The molecule has 182 valence electrons. The SMILES string of the molecule is C/C(=N\NC(=O)c1ccc(C(=O)NCc2ccncc2)s1)c1csc(-c2ccc3c(c2)CCO3)c1O. The Morgan fingerprint density at radius 1 is 1.11 bits per heavy atom. The van der Waals surface area contributed by atoms with E-state index in [1.165, 1.54) is 11.3 Å². The minimum Gasteiger partial charge on any atom is -0.506 e. The summed E-state index contributed by atoms with van der Waals surface area (Å²) in [6, 6.07) is 12.7. The van der Waals surface area contributed by atoms with Crippen molar-refractivity contribution in [1.29, 1.82) is 0 Å². The lowest BCUT2D eigenvalue weighted by Crippen LogP contribution is -2.21. The number of thiophene rings is 2. The summed E-state index contributed by atoms with van der Waals surface area (Å²) in [5.74, 6) is 0.322. The maximum atomic E-state index is 12.6. The highest BCUT2D eigenvalue weighted by Gasteiger charge is 2.19. The number of hydrogen-bond donors (Lipinski definition) is 3. The molecule has 3 N–H and O–H groups in total. The molecule has 8 nitrogen and oxygen atoms in total. The molecule has 10 heteroatoms. The van der Waals surface area contributed by atoms with Gasteiger partial charge in [-0.25, -0.2) is 5.43 Å². The van der Waals surface area contributed by atoms with Crippen molar-refractivity contribution >= 4 is 40.2 Å². The number of pyridine rings is 1. The van der Waals surface area contributed by atoms with E-state index in [0.29, 0.717) is 34.2 Å². The number of carbonyl (C=O) groups is 2. The van der Waals surface area contributed by atoms with Gasteiger partial charge < -0.3 is 15.2 Å². The quantitative estimate of drug-likeness (QED) is 0.245. The fourth-order valence-electron chi connectivity index (χ4n) is 3.74. The van der Waals surface area contributed by atoms with Gasteiger partial charge in [0.25, 0.3) is 11.8 Å². The van der Waals surface area contributed by atoms with Crippen LogP contribution in [0.3, 0.4) is 0 Å². The topological polar surface area (TPSA) is 113 Å². The predicted molar refractivity (Wildman–Crippen MR) is 140 cm³/mol. The number of nitrogens with zero attached hydrogens (tertiary/aromatic N) is 2. The lowest BCUT2D eigenvalue weighted by molar-refractivity contribution is 0.0950. The summed E-state index contributed by atoms with van der Waals surface area (Å²) in [6.07, 6.45) is 4.18. The van der Waals surface area contributed by atoms with Gasteiger partial charge in [0, 0.05) is 30.7 Å². The number of aromatic hydroxyl groups is 1. The first-order valence-corrected chi connectivity index (χ1v) is 12.9. The van der Waals surface area contributed by atoms with Crippen LogP contribution in [0.5, 0.6) is 11.5 Å². The first-order chi connectivity index (χ1) is 17.5. The molecule has 0 atom stereocenters. The summed E-state index contributed by atoms with van der Waals surface area (Å²) in [7, 11) is 0. The number of ether oxygens (including phenoxy) is 1. The van der Waals surface area contributed by atoms with Crippen LogP contribution in [-0.4, -0.2) is 34.2 Å². The number of hydrogen-bond acceptors (Lipinski definition) is 8. The van der Waals surface area contributed by atoms with Crippen LogP contribution < -0.4 is 15.5 Å². The Hall–Kier alpha value is -4.02. The van der Waals surface area contributed by atoms with Crippen molar-refractivity contribution in [2.75, 3.05) is 6.61 Å². The zero-order valence-corrected chi connectivity index (χ0v) is 20.9. The van der Waals surface area contributed by atoms with E-state index in [4.69, 9.17) is 4.74 Å². The number of hydrazone groups is 1. The number of benzene rings is 1. The van der Waals surface area contributed by atoms with E-state index in [2.05, 4.69) is 20.8 Å². The fourth-order valence-corrected chi connectivity index (χ4v) is 5.56. The van der Waals surface area contributed by atoms with Gasteiger partial charge in [0.05, 0.1) is 32.5 Å². The first kappa shape index (κ1) is 23.7. The molecule has 1 aromatic carbocycles. The van der Waals surface area contributed by atoms with Crippen LogP contribution >= 0.6 is 22.7 Å². The minimum atomic E-state index is -0.430. The third kappa shape index (κ3) is 5.00. The molecule has 0 unspecified atom stereocenters. The van der Waals surface area contributed by atoms with Gasteiger partial charge in [-0.15, -0.1) is 22.7 Å². The molecule has 5 rings (SSSR count). The molecule has 4 aromatic rings. The Bertz CT molecular complexity index is 1460. The monoisotopic (exact) mass is 518 g/mol. The van der Waals surface area contributed by atoms with E-state index < -0.39 is 5.91 Å². The van der Waals surface area contributed by atoms with Crippen LogP contribution in [0.4, 0.5) is 0 Å². The summed E-state index contributed by atoms with van der Waals surface area (Å²) in [6.45, 7) is 2.76. The number of fused-ring (bicyclic) bond motifs is 1. The van der Waals surface area contributed by atoms with Gasteiger partial charge in [-0.2, -0.15) is 5.10 Å². The van der Waals surface area contributed by atoms with E-state index in [-0.39, 0.29) is 11.7 Å². The lowest BCUT2D eigenvalue weighted by Gasteiger charge is -2.04. The van der Waals surface area contributed by atoms with E-state index in [1.807, 2.05) is 35.7 Å². The van der Waals surface area contributed by atoms with Gasteiger partial charge in [-0.3, -0.25) is 14.6 Å².